The molecule has 0 radical (unpaired) electrons. The van der Waals surface area contributed by atoms with Crippen molar-refractivity contribution in [1.82, 2.24) is 9.97 Å². The SMILES string of the molecule is COc1cc(OC)nc(C2CC2)n1. The highest BCUT2D eigenvalue weighted by Crippen LogP contribution is 2.39. The van der Waals surface area contributed by atoms with Crippen molar-refractivity contribution >= 4 is 0 Å². The number of hydrogen-bond donors (Lipinski definition) is 0. The van der Waals surface area contributed by atoms with Crippen LogP contribution in [0.3, 0.4) is 0 Å². The van der Waals surface area contributed by atoms with E-state index >= 15 is 0 Å². The van der Waals surface area contributed by atoms with Gasteiger partial charge in [0.25, 0.3) is 0 Å². The van der Waals surface area contributed by atoms with Crippen LogP contribution in [0.15, 0.2) is 6.07 Å². The number of ether oxygens (including phenoxy) is 2. The molecule has 0 unspecified atom stereocenters. The molecule has 0 bridgehead atoms. The zero-order chi connectivity index (χ0) is 9.26. The van der Waals surface area contributed by atoms with E-state index in [1.165, 1.54) is 12.8 Å². The van der Waals surface area contributed by atoms with Crippen LogP contribution >= 0.6 is 0 Å². The van der Waals surface area contributed by atoms with Crippen LogP contribution in [0.2, 0.25) is 0 Å². The topological polar surface area (TPSA) is 44.2 Å². The van der Waals surface area contributed by atoms with Crippen LogP contribution in [0.5, 0.6) is 11.8 Å². The molecule has 0 saturated heterocycles. The summed E-state index contributed by atoms with van der Waals surface area (Å²) in [7, 11) is 3.19. The van der Waals surface area contributed by atoms with Gasteiger partial charge in [-0.05, 0) is 12.8 Å². The molecule has 1 aromatic heterocycles. The molecule has 1 heterocycles. The lowest BCUT2D eigenvalue weighted by atomic mass is 10.4. The fraction of sp³-hybridized carbons (Fsp3) is 0.556. The lowest BCUT2D eigenvalue weighted by Gasteiger charge is -2.04. The van der Waals surface area contributed by atoms with Crippen molar-refractivity contribution in [3.8, 4) is 11.8 Å². The largest absolute Gasteiger partial charge is 0.481 e. The van der Waals surface area contributed by atoms with Crippen molar-refractivity contribution in [3.63, 3.8) is 0 Å². The summed E-state index contributed by atoms with van der Waals surface area (Å²) in [4.78, 5) is 8.50. The third-order valence-corrected chi connectivity index (χ3v) is 2.06. The average molecular weight is 180 g/mol. The lowest BCUT2D eigenvalue weighted by molar-refractivity contribution is 0.368. The molecule has 0 aromatic carbocycles. The fourth-order valence-electron chi connectivity index (χ4n) is 1.15. The second kappa shape index (κ2) is 3.20. The quantitative estimate of drug-likeness (QED) is 0.704. The van der Waals surface area contributed by atoms with Crippen molar-refractivity contribution in [1.29, 1.82) is 0 Å². The van der Waals surface area contributed by atoms with E-state index in [0.717, 1.165) is 5.82 Å². The molecule has 4 heteroatoms. The first kappa shape index (κ1) is 8.29. The van der Waals surface area contributed by atoms with Crippen LogP contribution in [0.25, 0.3) is 0 Å². The molecular weight excluding hydrogens is 168 g/mol. The molecule has 1 aliphatic carbocycles. The Balaban J connectivity index is 2.33. The molecule has 0 N–H and O–H groups in total. The van der Waals surface area contributed by atoms with E-state index in [2.05, 4.69) is 9.97 Å². The van der Waals surface area contributed by atoms with E-state index in [4.69, 9.17) is 9.47 Å². The average Bonchev–Trinajstić information content (AvgIpc) is 3.00. The van der Waals surface area contributed by atoms with E-state index in [1.54, 1.807) is 20.3 Å². The third kappa shape index (κ3) is 1.71. The van der Waals surface area contributed by atoms with E-state index < -0.39 is 0 Å². The first-order valence-corrected chi connectivity index (χ1v) is 4.30. The Bertz CT molecular complexity index is 288. The van der Waals surface area contributed by atoms with Gasteiger partial charge < -0.3 is 9.47 Å². The van der Waals surface area contributed by atoms with E-state index in [0.29, 0.717) is 17.7 Å². The van der Waals surface area contributed by atoms with Crippen molar-refractivity contribution in [2.24, 2.45) is 0 Å². The van der Waals surface area contributed by atoms with E-state index in [1.807, 2.05) is 0 Å². The molecule has 13 heavy (non-hydrogen) atoms. The van der Waals surface area contributed by atoms with Crippen LogP contribution in [0.4, 0.5) is 0 Å². The van der Waals surface area contributed by atoms with Crippen molar-refractivity contribution in [3.05, 3.63) is 11.9 Å². The second-order valence-corrected chi connectivity index (χ2v) is 3.09. The summed E-state index contributed by atoms with van der Waals surface area (Å²) in [5.74, 6) is 2.52. The van der Waals surface area contributed by atoms with Crippen LogP contribution in [-0.2, 0) is 0 Å². The fourth-order valence-corrected chi connectivity index (χ4v) is 1.15. The van der Waals surface area contributed by atoms with Crippen LogP contribution in [-0.4, -0.2) is 24.2 Å². The normalized spacial score (nSPS) is 15.5. The van der Waals surface area contributed by atoms with Crippen LogP contribution in [0.1, 0.15) is 24.6 Å². The summed E-state index contributed by atoms with van der Waals surface area (Å²) in [6.07, 6.45) is 2.35. The lowest BCUT2D eigenvalue weighted by Crippen LogP contribution is -1.98. The van der Waals surface area contributed by atoms with Crippen LogP contribution in [0, 0.1) is 0 Å². The predicted octanol–water partition coefficient (Wildman–Crippen LogP) is 1.37. The van der Waals surface area contributed by atoms with Crippen molar-refractivity contribution < 1.29 is 9.47 Å². The molecule has 4 nitrogen and oxygen atoms in total. The number of hydrogen-bond acceptors (Lipinski definition) is 4. The standard InChI is InChI=1S/C9H12N2O2/c1-12-7-5-8(13-2)11-9(10-7)6-3-4-6/h5-6H,3-4H2,1-2H3. The molecule has 1 saturated carbocycles. The summed E-state index contributed by atoms with van der Waals surface area (Å²) in [6.45, 7) is 0. The molecule has 1 fully saturated rings. The summed E-state index contributed by atoms with van der Waals surface area (Å²) in [5, 5.41) is 0. The highest BCUT2D eigenvalue weighted by Gasteiger charge is 2.27. The van der Waals surface area contributed by atoms with Gasteiger partial charge in [-0.25, -0.2) is 0 Å². The third-order valence-electron chi connectivity index (χ3n) is 2.06. The zero-order valence-corrected chi connectivity index (χ0v) is 7.78. The number of nitrogens with zero attached hydrogens (tertiary/aromatic N) is 2. The molecule has 0 atom stereocenters. The minimum atomic E-state index is 0.518. The van der Waals surface area contributed by atoms with Crippen LogP contribution < -0.4 is 9.47 Å². The maximum atomic E-state index is 5.04. The van der Waals surface area contributed by atoms with Gasteiger partial charge in [-0.3, -0.25) is 0 Å². The number of rotatable bonds is 3. The van der Waals surface area contributed by atoms with Gasteiger partial charge in [0.2, 0.25) is 11.8 Å². The monoisotopic (exact) mass is 180 g/mol. The molecule has 2 rings (SSSR count). The first-order valence-electron chi connectivity index (χ1n) is 4.30. The van der Waals surface area contributed by atoms with E-state index in [9.17, 15) is 0 Å². The summed E-state index contributed by atoms with van der Waals surface area (Å²) < 4.78 is 10.1. The minimum Gasteiger partial charge on any atom is -0.481 e. The van der Waals surface area contributed by atoms with Gasteiger partial charge in [-0.1, -0.05) is 0 Å². The zero-order valence-electron chi connectivity index (χ0n) is 7.78. The molecule has 0 spiro atoms. The van der Waals surface area contributed by atoms with Crippen molar-refractivity contribution in [2.45, 2.75) is 18.8 Å². The predicted molar refractivity (Wildman–Crippen MR) is 47.1 cm³/mol. The Morgan fingerprint density at radius 3 is 2.08 bits per heavy atom. The Morgan fingerprint density at radius 1 is 1.15 bits per heavy atom. The Kier molecular flexibility index (Phi) is 2.04. The van der Waals surface area contributed by atoms with Gasteiger partial charge in [0, 0.05) is 5.92 Å². The molecule has 0 amide bonds. The second-order valence-electron chi connectivity index (χ2n) is 3.09. The van der Waals surface area contributed by atoms with Crippen molar-refractivity contribution in [2.75, 3.05) is 14.2 Å². The molecule has 0 aliphatic heterocycles. The van der Waals surface area contributed by atoms with Gasteiger partial charge in [-0.15, -0.1) is 0 Å². The van der Waals surface area contributed by atoms with Gasteiger partial charge in [-0.2, -0.15) is 9.97 Å². The Morgan fingerprint density at radius 2 is 1.69 bits per heavy atom. The maximum absolute atomic E-state index is 5.04. The van der Waals surface area contributed by atoms with Gasteiger partial charge in [0.1, 0.15) is 5.82 Å². The first-order chi connectivity index (χ1) is 6.33. The van der Waals surface area contributed by atoms with E-state index in [-0.39, 0.29) is 0 Å². The Hall–Kier alpha value is -1.32. The van der Waals surface area contributed by atoms with Gasteiger partial charge in [0.05, 0.1) is 20.3 Å². The van der Waals surface area contributed by atoms with Gasteiger partial charge in [0.15, 0.2) is 0 Å². The summed E-state index contributed by atoms with van der Waals surface area (Å²) in [5.41, 5.74) is 0. The molecule has 1 aromatic rings. The van der Waals surface area contributed by atoms with Gasteiger partial charge >= 0.3 is 0 Å². The molecule has 1 aliphatic rings. The number of aromatic nitrogens is 2. The maximum Gasteiger partial charge on any atom is 0.220 e. The smallest absolute Gasteiger partial charge is 0.220 e. The highest BCUT2D eigenvalue weighted by molar-refractivity contribution is 5.23. The molecule has 70 valence electrons. The highest BCUT2D eigenvalue weighted by atomic mass is 16.5. The summed E-state index contributed by atoms with van der Waals surface area (Å²) >= 11 is 0. The molecular formula is C9H12N2O2. The number of methoxy groups -OCH3 is 2. The minimum absolute atomic E-state index is 0.518. The Labute approximate surface area is 76.9 Å². The summed E-state index contributed by atoms with van der Waals surface area (Å²) in [6, 6.07) is 1.69.